The zero-order chi connectivity index (χ0) is 17.5. The van der Waals surface area contributed by atoms with Gasteiger partial charge >= 0.3 is 11.8 Å². The van der Waals surface area contributed by atoms with Crippen LogP contribution in [0.2, 0.25) is 0 Å². The largest absolute Gasteiger partial charge is 0.497 e. The average Bonchev–Trinajstić information content (AvgIpc) is 2.57. The Morgan fingerprint density at radius 2 is 1.83 bits per heavy atom. The average molecular weight is 326 g/mol. The second-order valence-corrected chi connectivity index (χ2v) is 5.63. The van der Waals surface area contributed by atoms with Crippen molar-refractivity contribution in [3.63, 3.8) is 0 Å². The Morgan fingerprint density at radius 3 is 2.54 bits per heavy atom. The molecule has 0 saturated heterocycles. The van der Waals surface area contributed by atoms with Gasteiger partial charge in [0.1, 0.15) is 5.75 Å². The van der Waals surface area contributed by atoms with Crippen molar-refractivity contribution in [1.82, 2.24) is 5.32 Å². The summed E-state index contributed by atoms with van der Waals surface area (Å²) in [6, 6.07) is 13.3. The number of carbonyl (C=O) groups is 2. The number of hydrogen-bond acceptors (Lipinski definition) is 3. The fraction of sp³-hybridized carbons (Fsp3) is 0.263. The van der Waals surface area contributed by atoms with E-state index in [1.54, 1.807) is 13.2 Å². The van der Waals surface area contributed by atoms with Crippen LogP contribution in [0.3, 0.4) is 0 Å². The first-order chi connectivity index (χ1) is 11.5. The van der Waals surface area contributed by atoms with E-state index in [9.17, 15) is 9.59 Å². The third-order valence-corrected chi connectivity index (χ3v) is 3.67. The smallest absolute Gasteiger partial charge is 0.313 e. The topological polar surface area (TPSA) is 67.4 Å². The van der Waals surface area contributed by atoms with E-state index in [1.807, 2.05) is 50.2 Å². The molecule has 5 nitrogen and oxygen atoms in total. The Bertz CT molecular complexity index is 741. The molecule has 2 N–H and O–H groups in total. The maximum Gasteiger partial charge on any atom is 0.313 e. The maximum absolute atomic E-state index is 11.9. The summed E-state index contributed by atoms with van der Waals surface area (Å²) in [4.78, 5) is 23.8. The van der Waals surface area contributed by atoms with Gasteiger partial charge in [0.05, 0.1) is 7.11 Å². The summed E-state index contributed by atoms with van der Waals surface area (Å²) in [5, 5.41) is 5.26. The fourth-order valence-electron chi connectivity index (χ4n) is 2.36. The number of carbonyl (C=O) groups excluding carboxylic acids is 2. The Kier molecular flexibility index (Phi) is 5.95. The van der Waals surface area contributed by atoms with E-state index < -0.39 is 11.8 Å². The van der Waals surface area contributed by atoms with Gasteiger partial charge in [-0.15, -0.1) is 0 Å². The number of amides is 2. The molecule has 0 aliphatic rings. The second-order valence-electron chi connectivity index (χ2n) is 5.63. The van der Waals surface area contributed by atoms with Gasteiger partial charge in [-0.3, -0.25) is 9.59 Å². The van der Waals surface area contributed by atoms with E-state index in [1.165, 1.54) is 0 Å². The van der Waals surface area contributed by atoms with Crippen molar-refractivity contribution in [2.24, 2.45) is 0 Å². The Balaban J connectivity index is 1.84. The second kappa shape index (κ2) is 8.15. The third-order valence-electron chi connectivity index (χ3n) is 3.67. The molecule has 0 aromatic heterocycles. The van der Waals surface area contributed by atoms with Crippen molar-refractivity contribution in [2.45, 2.75) is 20.3 Å². The summed E-state index contributed by atoms with van der Waals surface area (Å²) in [7, 11) is 1.61. The van der Waals surface area contributed by atoms with Crippen LogP contribution in [-0.4, -0.2) is 25.5 Å². The molecule has 0 atom stereocenters. The Hall–Kier alpha value is -2.82. The molecule has 2 amide bonds. The number of methoxy groups -OCH3 is 1. The molecule has 24 heavy (non-hydrogen) atoms. The molecule has 0 aliphatic carbocycles. The lowest BCUT2D eigenvalue weighted by Crippen LogP contribution is -2.36. The van der Waals surface area contributed by atoms with Crippen molar-refractivity contribution in [3.8, 4) is 5.75 Å². The number of anilines is 1. The van der Waals surface area contributed by atoms with Gasteiger partial charge in [-0.2, -0.15) is 0 Å². The summed E-state index contributed by atoms with van der Waals surface area (Å²) in [5.41, 5.74) is 3.71. The van der Waals surface area contributed by atoms with Gasteiger partial charge in [-0.25, -0.2) is 0 Å². The quantitative estimate of drug-likeness (QED) is 0.830. The van der Waals surface area contributed by atoms with Crippen molar-refractivity contribution in [3.05, 3.63) is 59.2 Å². The van der Waals surface area contributed by atoms with Gasteiger partial charge in [-0.1, -0.05) is 29.8 Å². The van der Waals surface area contributed by atoms with E-state index in [2.05, 4.69) is 10.6 Å². The number of nitrogens with one attached hydrogen (secondary N) is 2. The van der Waals surface area contributed by atoms with Crippen molar-refractivity contribution < 1.29 is 14.3 Å². The van der Waals surface area contributed by atoms with Crippen LogP contribution in [-0.2, 0) is 16.0 Å². The monoisotopic (exact) mass is 326 g/mol. The highest BCUT2D eigenvalue weighted by Gasteiger charge is 2.14. The lowest BCUT2D eigenvalue weighted by molar-refractivity contribution is -0.136. The molecule has 0 bridgehead atoms. The first kappa shape index (κ1) is 17.5. The van der Waals surface area contributed by atoms with Crippen LogP contribution in [0, 0.1) is 13.8 Å². The van der Waals surface area contributed by atoms with Crippen LogP contribution >= 0.6 is 0 Å². The fourth-order valence-corrected chi connectivity index (χ4v) is 2.36. The van der Waals surface area contributed by atoms with Crippen LogP contribution in [0.5, 0.6) is 5.75 Å². The molecule has 0 saturated carbocycles. The third kappa shape index (κ3) is 4.84. The Labute approximate surface area is 142 Å². The molecule has 2 rings (SSSR count). The summed E-state index contributed by atoms with van der Waals surface area (Å²) in [5.74, 6) is -0.531. The number of hydrogen-bond donors (Lipinski definition) is 2. The summed E-state index contributed by atoms with van der Waals surface area (Å²) in [6.07, 6.45) is 0.625. The van der Waals surface area contributed by atoms with E-state index in [-0.39, 0.29) is 0 Å². The molecular formula is C19H22N2O3. The highest BCUT2D eigenvalue weighted by Crippen LogP contribution is 2.16. The van der Waals surface area contributed by atoms with Gasteiger partial charge in [0.2, 0.25) is 0 Å². The molecule has 5 heteroatoms. The molecule has 2 aromatic rings. The van der Waals surface area contributed by atoms with Crippen LogP contribution < -0.4 is 15.4 Å². The Morgan fingerprint density at radius 1 is 1.04 bits per heavy atom. The summed E-state index contributed by atoms with van der Waals surface area (Å²) >= 11 is 0. The maximum atomic E-state index is 11.9. The zero-order valence-corrected chi connectivity index (χ0v) is 14.2. The highest BCUT2D eigenvalue weighted by atomic mass is 16.5. The van der Waals surface area contributed by atoms with Crippen molar-refractivity contribution in [2.75, 3.05) is 19.0 Å². The first-order valence-electron chi connectivity index (χ1n) is 7.79. The van der Waals surface area contributed by atoms with E-state index in [0.717, 1.165) is 22.4 Å². The predicted molar refractivity (Wildman–Crippen MR) is 94.3 cm³/mol. The van der Waals surface area contributed by atoms with E-state index in [4.69, 9.17) is 4.74 Å². The minimum absolute atomic E-state index is 0.381. The zero-order valence-electron chi connectivity index (χ0n) is 14.2. The summed E-state index contributed by atoms with van der Waals surface area (Å²) in [6.45, 7) is 4.25. The number of ether oxygens (including phenoxy) is 1. The molecule has 126 valence electrons. The van der Waals surface area contributed by atoms with E-state index in [0.29, 0.717) is 18.7 Å². The summed E-state index contributed by atoms with van der Waals surface area (Å²) < 4.78 is 5.15. The molecule has 0 aliphatic heterocycles. The number of rotatable bonds is 5. The van der Waals surface area contributed by atoms with Crippen molar-refractivity contribution >= 4 is 17.5 Å². The molecule has 0 fully saturated rings. The normalized spacial score (nSPS) is 10.1. The minimum Gasteiger partial charge on any atom is -0.497 e. The van der Waals surface area contributed by atoms with Crippen LogP contribution in [0.4, 0.5) is 5.69 Å². The highest BCUT2D eigenvalue weighted by molar-refractivity contribution is 6.39. The van der Waals surface area contributed by atoms with Gasteiger partial charge in [0, 0.05) is 12.2 Å². The van der Waals surface area contributed by atoms with Crippen LogP contribution in [0.25, 0.3) is 0 Å². The SMILES string of the molecule is COc1cccc(CCNC(=O)C(=O)Nc2ccc(C)cc2C)c1. The number of benzene rings is 2. The number of aryl methyl sites for hydroxylation is 2. The van der Waals surface area contributed by atoms with Gasteiger partial charge in [-0.05, 0) is 49.6 Å². The molecule has 0 spiro atoms. The molecule has 2 aromatic carbocycles. The molecule has 0 heterocycles. The molecular weight excluding hydrogens is 304 g/mol. The minimum atomic E-state index is -0.660. The van der Waals surface area contributed by atoms with Gasteiger partial charge < -0.3 is 15.4 Å². The first-order valence-corrected chi connectivity index (χ1v) is 7.79. The van der Waals surface area contributed by atoms with E-state index >= 15 is 0 Å². The van der Waals surface area contributed by atoms with Gasteiger partial charge in [0.15, 0.2) is 0 Å². The van der Waals surface area contributed by atoms with Crippen molar-refractivity contribution in [1.29, 1.82) is 0 Å². The van der Waals surface area contributed by atoms with Crippen LogP contribution in [0.15, 0.2) is 42.5 Å². The van der Waals surface area contributed by atoms with Gasteiger partial charge in [0.25, 0.3) is 0 Å². The molecule has 0 radical (unpaired) electrons. The lowest BCUT2D eigenvalue weighted by Gasteiger charge is -2.10. The standard InChI is InChI=1S/C19H22N2O3/c1-13-7-8-17(14(2)11-13)21-19(23)18(22)20-10-9-15-5-4-6-16(12-15)24-3/h4-8,11-12H,9-10H2,1-3H3,(H,20,22)(H,21,23). The molecule has 0 unspecified atom stereocenters. The lowest BCUT2D eigenvalue weighted by atomic mass is 10.1. The van der Waals surface area contributed by atoms with Crippen LogP contribution in [0.1, 0.15) is 16.7 Å². The predicted octanol–water partition coefficient (Wildman–Crippen LogP) is 2.61.